The summed E-state index contributed by atoms with van der Waals surface area (Å²) in [5, 5.41) is 2.92. The number of carbonyl (C=O) groups excluding carboxylic acids is 3. The molecule has 26 heavy (non-hydrogen) atoms. The summed E-state index contributed by atoms with van der Waals surface area (Å²) >= 11 is 1.04. The molecular weight excluding hydrogens is 352 g/mol. The van der Waals surface area contributed by atoms with E-state index < -0.39 is 5.97 Å². The largest absolute Gasteiger partial charge is 0.457 e. The van der Waals surface area contributed by atoms with E-state index in [0.29, 0.717) is 21.3 Å². The standard InChI is InChI=1S/C19H20N2O4S/c1-4-11-25-18(24)17-13(3)20-19(26-17)21-16(23)10-9-15(22)14-7-5-12(2)6-8-14/h4-8H,1,9-11H2,2-3H3,(H,20,21,23). The molecule has 0 saturated heterocycles. The van der Waals surface area contributed by atoms with E-state index in [1.165, 1.54) is 6.08 Å². The molecule has 0 unspecified atom stereocenters. The molecule has 0 aliphatic heterocycles. The van der Waals surface area contributed by atoms with Gasteiger partial charge in [-0.3, -0.25) is 9.59 Å². The molecule has 0 bridgehead atoms. The van der Waals surface area contributed by atoms with Crippen LogP contribution < -0.4 is 5.32 Å². The summed E-state index contributed by atoms with van der Waals surface area (Å²) in [4.78, 5) is 40.5. The van der Waals surface area contributed by atoms with Crippen molar-refractivity contribution in [3.05, 3.63) is 58.6 Å². The molecule has 0 saturated carbocycles. The molecule has 1 amide bonds. The number of ketones is 1. The maximum atomic E-state index is 12.1. The molecule has 2 rings (SSSR count). The van der Waals surface area contributed by atoms with Crippen molar-refractivity contribution in [2.75, 3.05) is 11.9 Å². The predicted octanol–water partition coefficient (Wildman–Crippen LogP) is 3.70. The lowest BCUT2D eigenvalue weighted by atomic mass is 10.1. The van der Waals surface area contributed by atoms with E-state index in [1.54, 1.807) is 19.1 Å². The van der Waals surface area contributed by atoms with Gasteiger partial charge in [-0.1, -0.05) is 53.8 Å². The number of ether oxygens (including phenoxy) is 1. The number of aromatic nitrogens is 1. The molecule has 0 aliphatic rings. The predicted molar refractivity (Wildman–Crippen MR) is 101 cm³/mol. The van der Waals surface area contributed by atoms with Gasteiger partial charge in [0.1, 0.15) is 11.5 Å². The van der Waals surface area contributed by atoms with E-state index in [2.05, 4.69) is 16.9 Å². The summed E-state index contributed by atoms with van der Waals surface area (Å²) in [6, 6.07) is 7.22. The smallest absolute Gasteiger partial charge is 0.350 e. The van der Waals surface area contributed by atoms with Gasteiger partial charge in [-0.2, -0.15) is 0 Å². The summed E-state index contributed by atoms with van der Waals surface area (Å²) in [7, 11) is 0. The maximum absolute atomic E-state index is 12.1. The van der Waals surface area contributed by atoms with Crippen LogP contribution in [-0.2, 0) is 9.53 Å². The lowest BCUT2D eigenvalue weighted by Gasteiger charge is -2.02. The molecule has 136 valence electrons. The molecule has 0 aliphatic carbocycles. The first-order valence-corrected chi connectivity index (χ1v) is 8.87. The SMILES string of the molecule is C=CCOC(=O)c1sc(NC(=O)CCC(=O)c2ccc(C)cc2)nc1C. The first-order chi connectivity index (χ1) is 12.4. The number of rotatable bonds is 8. The highest BCUT2D eigenvalue weighted by molar-refractivity contribution is 7.17. The molecule has 0 atom stereocenters. The number of thiazole rings is 1. The summed E-state index contributed by atoms with van der Waals surface area (Å²) < 4.78 is 4.97. The van der Waals surface area contributed by atoms with E-state index >= 15 is 0 Å². The lowest BCUT2D eigenvalue weighted by Crippen LogP contribution is -2.13. The van der Waals surface area contributed by atoms with E-state index in [0.717, 1.165) is 16.9 Å². The van der Waals surface area contributed by atoms with E-state index in [-0.39, 0.29) is 31.1 Å². The second-order valence-electron chi connectivity index (χ2n) is 5.66. The van der Waals surface area contributed by atoms with Crippen molar-refractivity contribution in [1.29, 1.82) is 0 Å². The highest BCUT2D eigenvalue weighted by Gasteiger charge is 2.18. The van der Waals surface area contributed by atoms with Crippen molar-refractivity contribution < 1.29 is 19.1 Å². The van der Waals surface area contributed by atoms with Crippen LogP contribution in [0.2, 0.25) is 0 Å². The van der Waals surface area contributed by atoms with Crippen LogP contribution in [0.3, 0.4) is 0 Å². The summed E-state index contributed by atoms with van der Waals surface area (Å²) in [5.74, 6) is -0.927. The molecule has 1 aromatic carbocycles. The van der Waals surface area contributed by atoms with Crippen molar-refractivity contribution in [2.24, 2.45) is 0 Å². The van der Waals surface area contributed by atoms with E-state index in [1.807, 2.05) is 19.1 Å². The second-order valence-corrected chi connectivity index (χ2v) is 6.66. The number of benzene rings is 1. The van der Waals surface area contributed by atoms with Gasteiger partial charge < -0.3 is 10.1 Å². The lowest BCUT2D eigenvalue weighted by molar-refractivity contribution is -0.116. The number of hydrogen-bond acceptors (Lipinski definition) is 6. The number of esters is 1. The van der Waals surface area contributed by atoms with Crippen LogP contribution in [0.1, 0.15) is 44.1 Å². The van der Waals surface area contributed by atoms with Gasteiger partial charge in [0.25, 0.3) is 0 Å². The van der Waals surface area contributed by atoms with Crippen LogP contribution in [0.5, 0.6) is 0 Å². The monoisotopic (exact) mass is 372 g/mol. The molecule has 7 heteroatoms. The molecule has 0 spiro atoms. The second kappa shape index (κ2) is 9.05. The molecule has 1 N–H and O–H groups in total. The zero-order valence-corrected chi connectivity index (χ0v) is 15.5. The average molecular weight is 372 g/mol. The van der Waals surface area contributed by atoms with Gasteiger partial charge in [0.05, 0.1) is 5.69 Å². The summed E-state index contributed by atoms with van der Waals surface area (Å²) in [6.45, 7) is 7.20. The minimum atomic E-state index is -0.505. The molecule has 0 fully saturated rings. The number of anilines is 1. The van der Waals surface area contributed by atoms with E-state index in [9.17, 15) is 14.4 Å². The highest BCUT2D eigenvalue weighted by Crippen LogP contribution is 2.23. The fourth-order valence-corrected chi connectivity index (χ4v) is 3.01. The van der Waals surface area contributed by atoms with Gasteiger partial charge in [0.15, 0.2) is 10.9 Å². The minimum absolute atomic E-state index is 0.0432. The van der Waals surface area contributed by atoms with Crippen molar-refractivity contribution >= 4 is 34.1 Å². The Bertz CT molecular complexity index is 825. The van der Waals surface area contributed by atoms with Crippen molar-refractivity contribution in [1.82, 2.24) is 4.98 Å². The highest BCUT2D eigenvalue weighted by atomic mass is 32.1. The first-order valence-electron chi connectivity index (χ1n) is 8.06. The number of amides is 1. The Morgan fingerprint density at radius 3 is 2.54 bits per heavy atom. The maximum Gasteiger partial charge on any atom is 0.350 e. The Hall–Kier alpha value is -2.80. The molecular formula is C19H20N2O4S. The van der Waals surface area contributed by atoms with Crippen LogP contribution in [0.15, 0.2) is 36.9 Å². The number of aryl methyl sites for hydroxylation is 2. The third-order valence-electron chi connectivity index (χ3n) is 3.51. The number of nitrogens with zero attached hydrogens (tertiary/aromatic N) is 1. The molecule has 6 nitrogen and oxygen atoms in total. The van der Waals surface area contributed by atoms with Crippen LogP contribution in [0.25, 0.3) is 0 Å². The Morgan fingerprint density at radius 1 is 1.19 bits per heavy atom. The van der Waals surface area contributed by atoms with Crippen LogP contribution in [0.4, 0.5) is 5.13 Å². The number of carbonyl (C=O) groups is 3. The Morgan fingerprint density at radius 2 is 1.88 bits per heavy atom. The van der Waals surface area contributed by atoms with Crippen LogP contribution >= 0.6 is 11.3 Å². The zero-order valence-electron chi connectivity index (χ0n) is 14.7. The fraction of sp³-hybridized carbons (Fsp3) is 0.263. The van der Waals surface area contributed by atoms with Gasteiger partial charge in [-0.05, 0) is 13.8 Å². The van der Waals surface area contributed by atoms with E-state index in [4.69, 9.17) is 4.74 Å². The third kappa shape index (κ3) is 5.35. The minimum Gasteiger partial charge on any atom is -0.457 e. The van der Waals surface area contributed by atoms with Crippen molar-refractivity contribution in [2.45, 2.75) is 26.7 Å². The summed E-state index contributed by atoms with van der Waals surface area (Å²) in [5.41, 5.74) is 2.14. The van der Waals surface area contributed by atoms with Crippen LogP contribution in [0, 0.1) is 13.8 Å². The normalized spacial score (nSPS) is 10.2. The molecule has 1 aromatic heterocycles. The fourth-order valence-electron chi connectivity index (χ4n) is 2.13. The Labute approximate surface area is 155 Å². The van der Waals surface area contributed by atoms with Crippen molar-refractivity contribution in [3.8, 4) is 0 Å². The van der Waals surface area contributed by atoms with Crippen LogP contribution in [-0.4, -0.2) is 29.3 Å². The van der Waals surface area contributed by atoms with Gasteiger partial charge in [0, 0.05) is 18.4 Å². The average Bonchev–Trinajstić information content (AvgIpc) is 2.98. The van der Waals surface area contributed by atoms with Gasteiger partial charge in [-0.25, -0.2) is 9.78 Å². The molecule has 1 heterocycles. The molecule has 2 aromatic rings. The quantitative estimate of drug-likeness (QED) is 0.434. The zero-order chi connectivity index (χ0) is 19.1. The molecule has 0 radical (unpaired) electrons. The Kier molecular flexibility index (Phi) is 6.80. The van der Waals surface area contributed by atoms with Gasteiger partial charge in [0.2, 0.25) is 5.91 Å². The number of Topliss-reactive ketones (excluding diaryl/α,β-unsaturated/α-hetero) is 1. The Balaban J connectivity index is 1.89. The van der Waals surface area contributed by atoms with Crippen molar-refractivity contribution in [3.63, 3.8) is 0 Å². The third-order valence-corrected chi connectivity index (χ3v) is 4.57. The topological polar surface area (TPSA) is 85.4 Å². The first kappa shape index (κ1) is 19.5. The van der Waals surface area contributed by atoms with Gasteiger partial charge in [-0.15, -0.1) is 0 Å². The van der Waals surface area contributed by atoms with Gasteiger partial charge >= 0.3 is 5.97 Å². The number of nitrogens with one attached hydrogen (secondary N) is 1. The summed E-state index contributed by atoms with van der Waals surface area (Å²) in [6.07, 6.45) is 1.62. The number of hydrogen-bond donors (Lipinski definition) is 1.